The Balaban J connectivity index is 0.000000149. The highest BCUT2D eigenvalue weighted by Crippen LogP contribution is 2.19. The molecule has 2 aliphatic heterocycles. The highest BCUT2D eigenvalue weighted by Gasteiger charge is 2.01. The molecule has 0 radical (unpaired) electrons. The van der Waals surface area contributed by atoms with E-state index in [9.17, 15) is 4.79 Å². The number of carbonyl (C=O) groups is 1. The molecular weight excluding hydrogens is 168 g/mol. The van der Waals surface area contributed by atoms with E-state index in [2.05, 4.69) is 12.1 Å². The maximum absolute atomic E-state index is 9.37. The third-order valence-corrected chi connectivity index (χ3v) is 1.63. The molecule has 2 heterocycles. The summed E-state index contributed by atoms with van der Waals surface area (Å²) in [5, 5.41) is 7.72. The molecule has 3 heteroatoms. The van der Waals surface area contributed by atoms with Gasteiger partial charge < -0.3 is 9.84 Å². The summed E-state index contributed by atoms with van der Waals surface area (Å²) in [6.45, 7) is 2.37. The first kappa shape index (κ1) is 9.58. The second-order valence-electron chi connectivity index (χ2n) is 2.68. The van der Waals surface area contributed by atoms with Gasteiger partial charge in [0.05, 0.1) is 0 Å². The summed E-state index contributed by atoms with van der Waals surface area (Å²) in [7, 11) is 0. The third-order valence-electron chi connectivity index (χ3n) is 1.63. The van der Waals surface area contributed by atoms with Gasteiger partial charge >= 0.3 is 5.97 Å². The molecule has 3 rings (SSSR count). The number of hydrogen-bond donors (Lipinski definition) is 1. The lowest BCUT2D eigenvalue weighted by Gasteiger charge is -2.11. The summed E-state index contributed by atoms with van der Waals surface area (Å²) in [5.41, 5.74) is 1.26. The number of ether oxygens (including phenoxy) is 1. The first-order valence-electron chi connectivity index (χ1n) is 4.16. The molecule has 2 bridgehead atoms. The lowest BCUT2D eigenvalue weighted by atomic mass is 10.2. The molecule has 13 heavy (non-hydrogen) atoms. The minimum Gasteiger partial charge on any atom is -0.489 e. The van der Waals surface area contributed by atoms with Gasteiger partial charge in [0.15, 0.2) is 0 Å². The van der Waals surface area contributed by atoms with E-state index in [1.54, 1.807) is 6.92 Å². The van der Waals surface area contributed by atoms with E-state index in [1.807, 2.05) is 12.1 Å². The molecule has 0 saturated carbocycles. The van der Waals surface area contributed by atoms with E-state index in [-0.39, 0.29) is 6.42 Å². The Bertz CT molecular complexity index is 254. The Morgan fingerprint density at radius 1 is 1.46 bits per heavy atom. The lowest BCUT2D eigenvalue weighted by Crippen LogP contribution is -2.00. The van der Waals surface area contributed by atoms with Crippen LogP contribution in [-0.2, 0) is 11.4 Å². The van der Waals surface area contributed by atoms with Crippen molar-refractivity contribution in [2.24, 2.45) is 0 Å². The minimum absolute atomic E-state index is 0.222. The van der Waals surface area contributed by atoms with Gasteiger partial charge in [0.2, 0.25) is 0 Å². The molecule has 0 aliphatic carbocycles. The minimum atomic E-state index is -0.745. The van der Waals surface area contributed by atoms with Crippen LogP contribution in [0.1, 0.15) is 18.9 Å². The van der Waals surface area contributed by atoms with Gasteiger partial charge in [-0.15, -0.1) is 0 Å². The number of rotatable bonds is 1. The maximum Gasteiger partial charge on any atom is 0.303 e. The Morgan fingerprint density at radius 2 is 2.00 bits per heavy atom. The van der Waals surface area contributed by atoms with E-state index in [0.29, 0.717) is 0 Å². The standard InChI is InChI=1S/C7H6O.C3H6O2/c1-3-7-4-2-6(1)5-8-7;1-2-3(4)5/h1-4H,5H2;2H2,1H3,(H,4,5). The van der Waals surface area contributed by atoms with Crippen molar-refractivity contribution in [3.05, 3.63) is 29.8 Å². The van der Waals surface area contributed by atoms with Gasteiger partial charge in [-0.1, -0.05) is 19.1 Å². The normalized spacial score (nSPS) is 11.2. The zero-order valence-corrected chi connectivity index (χ0v) is 7.49. The predicted octanol–water partition coefficient (Wildman–Crippen LogP) is 2.06. The van der Waals surface area contributed by atoms with Crippen molar-refractivity contribution < 1.29 is 14.6 Å². The van der Waals surface area contributed by atoms with E-state index < -0.39 is 5.97 Å². The zero-order chi connectivity index (χ0) is 9.68. The fourth-order valence-corrected chi connectivity index (χ4v) is 0.849. The van der Waals surface area contributed by atoms with Crippen molar-refractivity contribution in [2.45, 2.75) is 20.0 Å². The van der Waals surface area contributed by atoms with Crippen LogP contribution in [0.25, 0.3) is 0 Å². The maximum atomic E-state index is 9.37. The first-order valence-corrected chi connectivity index (χ1v) is 4.16. The van der Waals surface area contributed by atoms with Crippen molar-refractivity contribution in [1.29, 1.82) is 0 Å². The van der Waals surface area contributed by atoms with Crippen LogP contribution < -0.4 is 4.74 Å². The lowest BCUT2D eigenvalue weighted by molar-refractivity contribution is -0.136. The zero-order valence-electron chi connectivity index (χ0n) is 7.49. The highest BCUT2D eigenvalue weighted by molar-refractivity contribution is 5.66. The number of aliphatic carboxylic acids is 1. The number of carboxylic acids is 1. The Morgan fingerprint density at radius 3 is 2.08 bits per heavy atom. The Hall–Kier alpha value is -1.51. The number of hydrogen-bond acceptors (Lipinski definition) is 2. The van der Waals surface area contributed by atoms with Gasteiger partial charge in [0, 0.05) is 6.42 Å². The van der Waals surface area contributed by atoms with E-state index >= 15 is 0 Å². The average molecular weight is 180 g/mol. The molecular formula is C10H12O3. The largest absolute Gasteiger partial charge is 0.489 e. The van der Waals surface area contributed by atoms with Gasteiger partial charge in [-0.25, -0.2) is 0 Å². The van der Waals surface area contributed by atoms with Gasteiger partial charge in [0.1, 0.15) is 12.4 Å². The monoisotopic (exact) mass is 180 g/mol. The van der Waals surface area contributed by atoms with Crippen LogP contribution in [0.15, 0.2) is 24.3 Å². The summed E-state index contributed by atoms with van der Waals surface area (Å²) >= 11 is 0. The van der Waals surface area contributed by atoms with Crippen LogP contribution in [0.2, 0.25) is 0 Å². The molecule has 0 aromatic heterocycles. The third kappa shape index (κ3) is 3.15. The SMILES string of the molecule is CCC(=O)O.c1cc2ccc1CO2. The molecule has 1 N–H and O–H groups in total. The van der Waals surface area contributed by atoms with E-state index in [0.717, 1.165) is 12.4 Å². The van der Waals surface area contributed by atoms with Gasteiger partial charge in [-0.05, 0) is 17.7 Å². The van der Waals surface area contributed by atoms with E-state index in [1.165, 1.54) is 5.56 Å². The highest BCUT2D eigenvalue weighted by atomic mass is 16.5. The second kappa shape index (κ2) is 4.50. The first-order chi connectivity index (χ1) is 6.22. The molecule has 1 aromatic carbocycles. The molecule has 0 saturated heterocycles. The summed E-state index contributed by atoms with van der Waals surface area (Å²) in [4.78, 5) is 9.37. The van der Waals surface area contributed by atoms with Crippen molar-refractivity contribution in [2.75, 3.05) is 0 Å². The van der Waals surface area contributed by atoms with Crippen LogP contribution in [0.4, 0.5) is 0 Å². The van der Waals surface area contributed by atoms with Crippen molar-refractivity contribution >= 4 is 5.97 Å². The fourth-order valence-electron chi connectivity index (χ4n) is 0.849. The smallest absolute Gasteiger partial charge is 0.303 e. The van der Waals surface area contributed by atoms with Gasteiger partial charge in [-0.3, -0.25) is 4.79 Å². The molecule has 2 aliphatic rings. The summed E-state index contributed by atoms with van der Waals surface area (Å²) < 4.78 is 5.18. The molecule has 0 unspecified atom stereocenters. The molecule has 0 amide bonds. The average Bonchev–Trinajstić information content (AvgIpc) is 2.21. The summed E-state index contributed by atoms with van der Waals surface area (Å²) in [6, 6.07) is 8.13. The van der Waals surface area contributed by atoms with Crippen molar-refractivity contribution in [3.8, 4) is 5.75 Å². The van der Waals surface area contributed by atoms with E-state index in [4.69, 9.17) is 9.84 Å². The van der Waals surface area contributed by atoms with Gasteiger partial charge in [0.25, 0.3) is 0 Å². The molecule has 0 fully saturated rings. The van der Waals surface area contributed by atoms with Crippen molar-refractivity contribution in [3.63, 3.8) is 0 Å². The fraction of sp³-hybridized carbons (Fsp3) is 0.300. The number of benzene rings is 1. The van der Waals surface area contributed by atoms with Crippen molar-refractivity contribution in [1.82, 2.24) is 0 Å². The summed E-state index contributed by atoms with van der Waals surface area (Å²) in [6.07, 6.45) is 0.222. The molecule has 0 atom stereocenters. The molecule has 70 valence electrons. The Kier molecular flexibility index (Phi) is 3.31. The molecule has 3 nitrogen and oxygen atoms in total. The predicted molar refractivity (Wildman–Crippen MR) is 48.7 cm³/mol. The molecule has 1 aromatic rings. The second-order valence-corrected chi connectivity index (χ2v) is 2.68. The number of fused-ring (bicyclic) bond motifs is 3. The topological polar surface area (TPSA) is 46.5 Å². The quantitative estimate of drug-likeness (QED) is 0.719. The summed E-state index contributed by atoms with van der Waals surface area (Å²) in [5.74, 6) is 0.241. The van der Waals surface area contributed by atoms with Crippen LogP contribution in [-0.4, -0.2) is 11.1 Å². The van der Waals surface area contributed by atoms with Crippen LogP contribution in [0, 0.1) is 0 Å². The van der Waals surface area contributed by atoms with Crippen LogP contribution in [0.5, 0.6) is 5.75 Å². The van der Waals surface area contributed by atoms with Gasteiger partial charge in [-0.2, -0.15) is 0 Å². The molecule has 0 spiro atoms. The van der Waals surface area contributed by atoms with Crippen LogP contribution >= 0.6 is 0 Å². The number of carboxylic acid groups (broad SMARTS) is 1. The Labute approximate surface area is 77.0 Å². The van der Waals surface area contributed by atoms with Crippen LogP contribution in [0.3, 0.4) is 0 Å².